The van der Waals surface area contributed by atoms with E-state index in [9.17, 15) is 4.79 Å². The fourth-order valence-corrected chi connectivity index (χ4v) is 3.04. The zero-order chi connectivity index (χ0) is 13.1. The average Bonchev–Trinajstić information content (AvgIpc) is 2.61. The normalized spacial score (nSPS) is 10.6. The summed E-state index contributed by atoms with van der Waals surface area (Å²) < 4.78 is 1.68. The van der Waals surface area contributed by atoms with Gasteiger partial charge in [0.15, 0.2) is 0 Å². The fraction of sp³-hybridized carbons (Fsp3) is 0.231. The second kappa shape index (κ2) is 5.59. The SMILES string of the molecule is Cc1nn(C)c(Cl)c1CSc1cccc(C=O)c1. The van der Waals surface area contributed by atoms with Crippen molar-refractivity contribution in [3.8, 4) is 0 Å². The van der Waals surface area contributed by atoms with Gasteiger partial charge in [0, 0.05) is 28.8 Å². The Labute approximate surface area is 115 Å². The first kappa shape index (κ1) is 13.2. The average molecular weight is 281 g/mol. The van der Waals surface area contributed by atoms with Crippen LogP contribution in [0.25, 0.3) is 0 Å². The molecule has 0 spiro atoms. The smallest absolute Gasteiger partial charge is 0.150 e. The van der Waals surface area contributed by atoms with E-state index < -0.39 is 0 Å². The van der Waals surface area contributed by atoms with E-state index in [-0.39, 0.29) is 0 Å². The number of aromatic nitrogens is 2. The number of thioether (sulfide) groups is 1. The summed E-state index contributed by atoms with van der Waals surface area (Å²) in [5, 5.41) is 4.94. The van der Waals surface area contributed by atoms with Crippen LogP contribution in [0.1, 0.15) is 21.6 Å². The Morgan fingerprint density at radius 2 is 2.28 bits per heavy atom. The van der Waals surface area contributed by atoms with Crippen molar-refractivity contribution in [1.82, 2.24) is 9.78 Å². The molecular weight excluding hydrogens is 268 g/mol. The van der Waals surface area contributed by atoms with Crippen molar-refractivity contribution in [1.29, 1.82) is 0 Å². The molecule has 0 aliphatic heterocycles. The van der Waals surface area contributed by atoms with Crippen LogP contribution in [-0.2, 0) is 12.8 Å². The van der Waals surface area contributed by atoms with E-state index in [0.717, 1.165) is 28.2 Å². The number of hydrogen-bond acceptors (Lipinski definition) is 3. The van der Waals surface area contributed by atoms with E-state index in [1.807, 2.05) is 32.2 Å². The van der Waals surface area contributed by atoms with Crippen LogP contribution in [0, 0.1) is 6.92 Å². The quantitative estimate of drug-likeness (QED) is 0.635. The van der Waals surface area contributed by atoms with E-state index in [2.05, 4.69) is 5.10 Å². The van der Waals surface area contributed by atoms with Crippen LogP contribution in [0.15, 0.2) is 29.2 Å². The summed E-state index contributed by atoms with van der Waals surface area (Å²) >= 11 is 7.82. The van der Waals surface area contributed by atoms with Crippen LogP contribution >= 0.6 is 23.4 Å². The third-order valence-electron chi connectivity index (χ3n) is 2.65. The molecular formula is C13H13ClN2OS. The van der Waals surface area contributed by atoms with Crippen molar-refractivity contribution >= 4 is 29.6 Å². The van der Waals surface area contributed by atoms with Crippen LogP contribution in [0.4, 0.5) is 0 Å². The molecule has 0 bridgehead atoms. The lowest BCUT2D eigenvalue weighted by Gasteiger charge is -2.02. The van der Waals surface area contributed by atoms with Crippen LogP contribution in [-0.4, -0.2) is 16.1 Å². The maximum Gasteiger partial charge on any atom is 0.150 e. The van der Waals surface area contributed by atoms with E-state index >= 15 is 0 Å². The molecule has 0 saturated carbocycles. The van der Waals surface area contributed by atoms with Crippen molar-refractivity contribution < 1.29 is 4.79 Å². The predicted molar refractivity (Wildman–Crippen MR) is 74.3 cm³/mol. The lowest BCUT2D eigenvalue weighted by molar-refractivity contribution is 0.112. The Morgan fingerprint density at radius 1 is 1.50 bits per heavy atom. The van der Waals surface area contributed by atoms with Gasteiger partial charge in [-0.2, -0.15) is 5.10 Å². The number of halogens is 1. The van der Waals surface area contributed by atoms with Crippen molar-refractivity contribution in [2.45, 2.75) is 17.6 Å². The van der Waals surface area contributed by atoms with Crippen LogP contribution < -0.4 is 0 Å². The van der Waals surface area contributed by atoms with Gasteiger partial charge >= 0.3 is 0 Å². The van der Waals surface area contributed by atoms with E-state index in [0.29, 0.717) is 10.7 Å². The van der Waals surface area contributed by atoms with Crippen LogP contribution in [0.3, 0.4) is 0 Å². The molecule has 0 aliphatic carbocycles. The highest BCUT2D eigenvalue weighted by Crippen LogP contribution is 2.28. The lowest BCUT2D eigenvalue weighted by atomic mass is 10.2. The molecule has 2 aromatic rings. The molecule has 0 radical (unpaired) electrons. The van der Waals surface area contributed by atoms with Gasteiger partial charge in [-0.25, -0.2) is 0 Å². The summed E-state index contributed by atoms with van der Waals surface area (Å²) in [5.41, 5.74) is 2.68. The summed E-state index contributed by atoms with van der Waals surface area (Å²) in [6, 6.07) is 7.53. The number of nitrogens with zero attached hydrogens (tertiary/aromatic N) is 2. The molecule has 0 aliphatic rings. The Bertz CT molecular complexity index is 580. The summed E-state index contributed by atoms with van der Waals surface area (Å²) in [4.78, 5) is 11.8. The van der Waals surface area contributed by atoms with Crippen molar-refractivity contribution in [3.05, 3.63) is 46.2 Å². The Balaban J connectivity index is 2.13. The Morgan fingerprint density at radius 3 is 2.89 bits per heavy atom. The summed E-state index contributed by atoms with van der Waals surface area (Å²) in [6.45, 7) is 1.95. The number of benzene rings is 1. The number of carbonyl (C=O) groups is 1. The van der Waals surface area contributed by atoms with Gasteiger partial charge in [0.25, 0.3) is 0 Å². The number of aryl methyl sites for hydroxylation is 2. The standard InChI is InChI=1S/C13H13ClN2OS/c1-9-12(13(14)16(2)15-9)8-18-11-5-3-4-10(6-11)7-17/h3-7H,8H2,1-2H3. The first-order valence-corrected chi connectivity index (χ1v) is 6.84. The molecule has 0 fully saturated rings. The van der Waals surface area contributed by atoms with Crippen LogP contribution in [0.2, 0.25) is 5.15 Å². The maximum atomic E-state index is 10.7. The molecule has 1 heterocycles. The molecule has 1 aromatic heterocycles. The molecule has 94 valence electrons. The largest absolute Gasteiger partial charge is 0.298 e. The fourth-order valence-electron chi connectivity index (χ4n) is 1.67. The van der Waals surface area contributed by atoms with E-state index in [4.69, 9.17) is 11.6 Å². The van der Waals surface area contributed by atoms with E-state index in [1.165, 1.54) is 0 Å². The van der Waals surface area contributed by atoms with Gasteiger partial charge in [-0.3, -0.25) is 9.48 Å². The Kier molecular flexibility index (Phi) is 4.09. The number of rotatable bonds is 4. The molecule has 3 nitrogen and oxygen atoms in total. The van der Waals surface area contributed by atoms with Crippen molar-refractivity contribution in [2.24, 2.45) is 7.05 Å². The molecule has 18 heavy (non-hydrogen) atoms. The molecule has 5 heteroatoms. The second-order valence-corrected chi connectivity index (χ2v) is 5.36. The molecule has 0 unspecified atom stereocenters. The number of carbonyl (C=O) groups excluding carboxylic acids is 1. The lowest BCUT2D eigenvalue weighted by Crippen LogP contribution is -1.89. The molecule has 2 rings (SSSR count). The summed E-state index contributed by atoms with van der Waals surface area (Å²) in [6.07, 6.45) is 0.854. The highest BCUT2D eigenvalue weighted by molar-refractivity contribution is 7.98. The van der Waals surface area contributed by atoms with Crippen molar-refractivity contribution in [2.75, 3.05) is 0 Å². The summed E-state index contributed by atoms with van der Waals surface area (Å²) in [7, 11) is 1.83. The monoisotopic (exact) mass is 280 g/mol. The molecule has 0 saturated heterocycles. The zero-order valence-corrected chi connectivity index (χ0v) is 11.8. The van der Waals surface area contributed by atoms with Crippen molar-refractivity contribution in [3.63, 3.8) is 0 Å². The molecule has 0 amide bonds. The number of hydrogen-bond donors (Lipinski definition) is 0. The van der Waals surface area contributed by atoms with Gasteiger partial charge in [-0.1, -0.05) is 23.7 Å². The highest BCUT2D eigenvalue weighted by Gasteiger charge is 2.11. The zero-order valence-electron chi connectivity index (χ0n) is 10.2. The third-order valence-corrected chi connectivity index (χ3v) is 4.14. The first-order valence-electron chi connectivity index (χ1n) is 5.48. The minimum atomic E-state index is 0.673. The maximum absolute atomic E-state index is 10.7. The first-order chi connectivity index (χ1) is 8.61. The number of aldehydes is 1. The van der Waals surface area contributed by atoms with Gasteiger partial charge in [-0.15, -0.1) is 11.8 Å². The molecule has 1 aromatic carbocycles. The highest BCUT2D eigenvalue weighted by atomic mass is 35.5. The molecule has 0 atom stereocenters. The Hall–Kier alpha value is -1.26. The third kappa shape index (κ3) is 2.76. The topological polar surface area (TPSA) is 34.9 Å². The van der Waals surface area contributed by atoms with Crippen LogP contribution in [0.5, 0.6) is 0 Å². The van der Waals surface area contributed by atoms with Gasteiger partial charge in [0.2, 0.25) is 0 Å². The van der Waals surface area contributed by atoms with Gasteiger partial charge < -0.3 is 0 Å². The van der Waals surface area contributed by atoms with Gasteiger partial charge in [0.1, 0.15) is 11.4 Å². The minimum Gasteiger partial charge on any atom is -0.298 e. The second-order valence-electron chi connectivity index (χ2n) is 3.96. The minimum absolute atomic E-state index is 0.673. The predicted octanol–water partition coefficient (Wildman–Crippen LogP) is 3.49. The molecule has 0 N–H and O–H groups in total. The summed E-state index contributed by atoms with van der Waals surface area (Å²) in [5.74, 6) is 0.751. The van der Waals surface area contributed by atoms with Gasteiger partial charge in [-0.05, 0) is 19.1 Å². The van der Waals surface area contributed by atoms with Gasteiger partial charge in [0.05, 0.1) is 5.69 Å². The van der Waals surface area contributed by atoms with E-state index in [1.54, 1.807) is 22.5 Å².